The lowest BCUT2D eigenvalue weighted by Gasteiger charge is -2.26. The second-order valence-electron chi connectivity index (χ2n) is 4.89. The standard InChI is InChI=1S/C16H12N2O5/c17-8-11-1-4-13(5-2-11)21-9-14-10-22-16-7-12(18(19)20)3-6-15(16)23-14/h1-7,14H,9-10H2/t14-/m1/s1. The Balaban J connectivity index is 1.61. The Morgan fingerprint density at radius 2 is 2.04 bits per heavy atom. The van der Waals surface area contributed by atoms with Crippen LogP contribution in [0, 0.1) is 21.4 Å². The number of benzene rings is 2. The van der Waals surface area contributed by atoms with Crippen molar-refractivity contribution in [2.75, 3.05) is 13.2 Å². The van der Waals surface area contributed by atoms with Crippen molar-refractivity contribution in [3.63, 3.8) is 0 Å². The Bertz CT molecular complexity index is 767. The summed E-state index contributed by atoms with van der Waals surface area (Å²) in [6.45, 7) is 0.507. The largest absolute Gasteiger partial charge is 0.490 e. The van der Waals surface area contributed by atoms with Gasteiger partial charge in [-0.15, -0.1) is 0 Å². The lowest BCUT2D eigenvalue weighted by atomic mass is 10.2. The van der Waals surface area contributed by atoms with Gasteiger partial charge in [-0.05, 0) is 30.3 Å². The van der Waals surface area contributed by atoms with E-state index >= 15 is 0 Å². The first-order valence-corrected chi connectivity index (χ1v) is 6.86. The van der Waals surface area contributed by atoms with Crippen molar-refractivity contribution in [1.82, 2.24) is 0 Å². The Hall–Kier alpha value is -3.27. The number of rotatable bonds is 4. The molecule has 0 amide bonds. The summed E-state index contributed by atoms with van der Waals surface area (Å²) >= 11 is 0. The predicted molar refractivity (Wildman–Crippen MR) is 79.7 cm³/mol. The minimum atomic E-state index is -0.482. The summed E-state index contributed by atoms with van der Waals surface area (Å²) in [5.41, 5.74) is 0.518. The van der Waals surface area contributed by atoms with Crippen molar-refractivity contribution in [1.29, 1.82) is 5.26 Å². The molecule has 0 aromatic heterocycles. The van der Waals surface area contributed by atoms with Gasteiger partial charge in [0.15, 0.2) is 17.6 Å². The molecule has 0 bridgehead atoms. The van der Waals surface area contributed by atoms with Crippen molar-refractivity contribution in [2.24, 2.45) is 0 Å². The highest BCUT2D eigenvalue weighted by atomic mass is 16.6. The van der Waals surface area contributed by atoms with E-state index in [9.17, 15) is 10.1 Å². The quantitative estimate of drug-likeness (QED) is 0.636. The highest BCUT2D eigenvalue weighted by Crippen LogP contribution is 2.34. The summed E-state index contributed by atoms with van der Waals surface area (Å²) < 4.78 is 16.8. The van der Waals surface area contributed by atoms with Gasteiger partial charge in [0.05, 0.1) is 22.6 Å². The number of nitrogens with zero attached hydrogens (tertiary/aromatic N) is 2. The van der Waals surface area contributed by atoms with Crippen LogP contribution in [0.3, 0.4) is 0 Å². The molecule has 0 radical (unpaired) electrons. The lowest BCUT2D eigenvalue weighted by molar-refractivity contribution is -0.385. The Kier molecular flexibility index (Phi) is 3.97. The summed E-state index contributed by atoms with van der Waals surface area (Å²) in [6, 6.07) is 13.0. The van der Waals surface area contributed by atoms with Crippen LogP contribution >= 0.6 is 0 Å². The van der Waals surface area contributed by atoms with Gasteiger partial charge in [0.1, 0.15) is 19.0 Å². The van der Waals surface area contributed by atoms with E-state index in [1.54, 1.807) is 24.3 Å². The molecule has 0 unspecified atom stereocenters. The van der Waals surface area contributed by atoms with Crippen molar-refractivity contribution < 1.29 is 19.1 Å². The third kappa shape index (κ3) is 3.32. The zero-order chi connectivity index (χ0) is 16.2. The molecule has 1 aliphatic rings. The summed E-state index contributed by atoms with van der Waals surface area (Å²) in [4.78, 5) is 10.2. The van der Waals surface area contributed by atoms with Crippen LogP contribution in [-0.2, 0) is 0 Å². The van der Waals surface area contributed by atoms with Gasteiger partial charge in [0.2, 0.25) is 0 Å². The number of hydrogen-bond donors (Lipinski definition) is 0. The second-order valence-corrected chi connectivity index (χ2v) is 4.89. The number of fused-ring (bicyclic) bond motifs is 1. The Morgan fingerprint density at radius 3 is 2.74 bits per heavy atom. The van der Waals surface area contributed by atoms with Gasteiger partial charge in [0, 0.05) is 6.07 Å². The predicted octanol–water partition coefficient (Wildman–Crippen LogP) is 2.69. The van der Waals surface area contributed by atoms with Crippen LogP contribution in [0.5, 0.6) is 17.2 Å². The molecule has 3 rings (SSSR count). The van der Waals surface area contributed by atoms with E-state index in [0.717, 1.165) is 0 Å². The van der Waals surface area contributed by atoms with Gasteiger partial charge >= 0.3 is 0 Å². The minimum Gasteiger partial charge on any atom is -0.490 e. The average Bonchev–Trinajstić information content (AvgIpc) is 2.59. The van der Waals surface area contributed by atoms with E-state index in [2.05, 4.69) is 0 Å². The van der Waals surface area contributed by atoms with Gasteiger partial charge in [-0.25, -0.2) is 0 Å². The van der Waals surface area contributed by atoms with Crippen molar-refractivity contribution in [3.8, 4) is 23.3 Å². The molecule has 0 N–H and O–H groups in total. The fourth-order valence-corrected chi connectivity index (χ4v) is 2.11. The normalized spacial score (nSPS) is 15.5. The van der Waals surface area contributed by atoms with E-state index < -0.39 is 4.92 Å². The third-order valence-corrected chi connectivity index (χ3v) is 3.28. The highest BCUT2D eigenvalue weighted by Gasteiger charge is 2.23. The maximum absolute atomic E-state index is 10.7. The first kappa shape index (κ1) is 14.7. The third-order valence-electron chi connectivity index (χ3n) is 3.28. The van der Waals surface area contributed by atoms with Crippen LogP contribution < -0.4 is 14.2 Å². The molecule has 1 heterocycles. The number of hydrogen-bond acceptors (Lipinski definition) is 6. The van der Waals surface area contributed by atoms with Crippen LogP contribution in [0.4, 0.5) is 5.69 Å². The monoisotopic (exact) mass is 312 g/mol. The SMILES string of the molecule is N#Cc1ccc(OC[C@@H]2COc3cc([N+](=O)[O-])ccc3O2)cc1. The smallest absolute Gasteiger partial charge is 0.273 e. The number of non-ortho nitro benzene ring substituents is 1. The molecule has 0 spiro atoms. The Morgan fingerprint density at radius 1 is 1.26 bits per heavy atom. The van der Waals surface area contributed by atoms with E-state index in [4.69, 9.17) is 19.5 Å². The molecule has 1 atom stereocenters. The van der Waals surface area contributed by atoms with Crippen LogP contribution in [-0.4, -0.2) is 24.2 Å². The summed E-state index contributed by atoms with van der Waals surface area (Å²) in [5, 5.41) is 19.5. The maximum atomic E-state index is 10.7. The molecule has 116 valence electrons. The van der Waals surface area contributed by atoms with Crippen molar-refractivity contribution >= 4 is 5.69 Å². The van der Waals surface area contributed by atoms with Crippen molar-refractivity contribution in [2.45, 2.75) is 6.10 Å². The van der Waals surface area contributed by atoms with E-state index in [1.807, 2.05) is 6.07 Å². The fourth-order valence-electron chi connectivity index (χ4n) is 2.11. The van der Waals surface area contributed by atoms with Gasteiger partial charge in [-0.3, -0.25) is 10.1 Å². The molecular formula is C16H12N2O5. The molecule has 0 fully saturated rings. The highest BCUT2D eigenvalue weighted by molar-refractivity contribution is 5.49. The first-order valence-electron chi connectivity index (χ1n) is 6.86. The number of nitriles is 1. The molecule has 7 heteroatoms. The molecule has 23 heavy (non-hydrogen) atoms. The van der Waals surface area contributed by atoms with E-state index in [1.165, 1.54) is 18.2 Å². The summed E-state index contributed by atoms with van der Waals surface area (Å²) in [5.74, 6) is 1.44. The van der Waals surface area contributed by atoms with Crippen LogP contribution in [0.1, 0.15) is 5.56 Å². The van der Waals surface area contributed by atoms with Crippen LogP contribution in [0.2, 0.25) is 0 Å². The fraction of sp³-hybridized carbons (Fsp3) is 0.188. The zero-order valence-corrected chi connectivity index (χ0v) is 12.0. The number of nitro benzene ring substituents is 1. The summed E-state index contributed by atoms with van der Waals surface area (Å²) in [7, 11) is 0. The van der Waals surface area contributed by atoms with Gasteiger partial charge in [-0.2, -0.15) is 5.26 Å². The van der Waals surface area contributed by atoms with E-state index in [-0.39, 0.29) is 25.0 Å². The Labute approximate surface area is 131 Å². The number of nitro groups is 1. The number of ether oxygens (including phenoxy) is 3. The molecule has 1 aliphatic heterocycles. The average molecular weight is 312 g/mol. The molecule has 0 saturated heterocycles. The van der Waals surface area contributed by atoms with Crippen molar-refractivity contribution in [3.05, 3.63) is 58.1 Å². The van der Waals surface area contributed by atoms with E-state index in [0.29, 0.717) is 22.8 Å². The van der Waals surface area contributed by atoms with Crippen LogP contribution in [0.15, 0.2) is 42.5 Å². The summed E-state index contributed by atoms with van der Waals surface area (Å²) in [6.07, 6.45) is -0.320. The lowest BCUT2D eigenvalue weighted by Crippen LogP contribution is -2.34. The molecule has 7 nitrogen and oxygen atoms in total. The maximum Gasteiger partial charge on any atom is 0.273 e. The molecule has 2 aromatic carbocycles. The van der Waals surface area contributed by atoms with Gasteiger partial charge < -0.3 is 14.2 Å². The molecule has 2 aromatic rings. The first-order chi connectivity index (χ1) is 11.2. The van der Waals surface area contributed by atoms with Crippen LogP contribution in [0.25, 0.3) is 0 Å². The second kappa shape index (κ2) is 6.23. The molecule has 0 saturated carbocycles. The zero-order valence-electron chi connectivity index (χ0n) is 12.0. The van der Waals surface area contributed by atoms with Gasteiger partial charge in [0.25, 0.3) is 5.69 Å². The molecular weight excluding hydrogens is 300 g/mol. The molecule has 0 aliphatic carbocycles. The topological polar surface area (TPSA) is 94.6 Å². The van der Waals surface area contributed by atoms with Gasteiger partial charge in [-0.1, -0.05) is 0 Å². The minimum absolute atomic E-state index is 0.0420.